The van der Waals surface area contributed by atoms with Crippen molar-refractivity contribution >= 4 is 40.5 Å². The van der Waals surface area contributed by atoms with Crippen molar-refractivity contribution in [3.05, 3.63) is 31.2 Å². The number of phenolic OH excluding ortho intramolecular Hbond substituents is 1. The molecule has 114 valence electrons. The molecule has 7 nitrogen and oxygen atoms in total. The van der Waals surface area contributed by atoms with Crippen LogP contribution in [-0.2, 0) is 0 Å². The Bertz CT molecular complexity index is 429. The lowest BCUT2D eigenvalue weighted by Gasteiger charge is -2.01. The zero-order valence-electron chi connectivity index (χ0n) is 10.1. The van der Waals surface area contributed by atoms with Gasteiger partial charge in [0.15, 0.2) is 0 Å². The molecule has 0 bridgehead atoms. The number of nitrogens with zero attached hydrogens (tertiary/aromatic N) is 1. The Hall–Kier alpha value is -0.830. The second-order valence-corrected chi connectivity index (χ2v) is 4.50. The van der Waals surface area contributed by atoms with E-state index in [1.807, 2.05) is 0 Å². The van der Waals surface area contributed by atoms with Gasteiger partial charge in [-0.05, 0) is 6.07 Å². The number of hydrogen-bond donors (Lipinski definition) is 4. The number of halogens is 3. The monoisotopic (exact) mass is 346 g/mol. The summed E-state index contributed by atoms with van der Waals surface area (Å²) in [6.07, 6.45) is 0. The third-order valence-corrected chi connectivity index (χ3v) is 2.95. The van der Waals surface area contributed by atoms with E-state index >= 15 is 0 Å². The molecule has 0 aromatic heterocycles. The number of hydrogen-bond acceptors (Lipinski definition) is 6. The van der Waals surface area contributed by atoms with E-state index < -0.39 is 16.4 Å². The SMILES string of the molecule is O=[N+]([O-])c1c(O)c(Cl)cc(Cl)c1Cl.OCCNCCO. The van der Waals surface area contributed by atoms with Gasteiger partial charge in [-0.25, -0.2) is 0 Å². The van der Waals surface area contributed by atoms with Crippen LogP contribution in [0.2, 0.25) is 15.1 Å². The van der Waals surface area contributed by atoms with E-state index in [-0.39, 0.29) is 28.3 Å². The summed E-state index contributed by atoms with van der Waals surface area (Å²) in [7, 11) is 0. The van der Waals surface area contributed by atoms with Gasteiger partial charge in [0.05, 0.1) is 28.2 Å². The Morgan fingerprint density at radius 1 is 1.15 bits per heavy atom. The highest BCUT2D eigenvalue weighted by atomic mass is 35.5. The molecule has 1 aromatic rings. The number of aliphatic hydroxyl groups excluding tert-OH is 2. The molecule has 1 rings (SSSR count). The highest BCUT2D eigenvalue weighted by Crippen LogP contribution is 2.43. The first-order valence-electron chi connectivity index (χ1n) is 5.30. The van der Waals surface area contributed by atoms with Gasteiger partial charge in [-0.15, -0.1) is 0 Å². The minimum absolute atomic E-state index is 0.0730. The highest BCUT2D eigenvalue weighted by molar-refractivity contribution is 6.45. The van der Waals surface area contributed by atoms with E-state index in [4.69, 9.17) is 50.1 Å². The van der Waals surface area contributed by atoms with Crippen molar-refractivity contribution in [1.29, 1.82) is 0 Å². The quantitative estimate of drug-likeness (QED) is 0.279. The molecule has 1 aromatic carbocycles. The number of rotatable bonds is 5. The molecule has 0 heterocycles. The first-order chi connectivity index (χ1) is 9.36. The molecule has 0 unspecified atom stereocenters. The molecule has 0 spiro atoms. The molecule has 20 heavy (non-hydrogen) atoms. The van der Waals surface area contributed by atoms with Crippen molar-refractivity contribution in [2.75, 3.05) is 26.3 Å². The van der Waals surface area contributed by atoms with Crippen molar-refractivity contribution in [3.63, 3.8) is 0 Å². The molecule has 0 amide bonds. The summed E-state index contributed by atoms with van der Waals surface area (Å²) in [5.41, 5.74) is -0.681. The Labute approximate surface area is 129 Å². The predicted molar refractivity (Wildman–Crippen MR) is 76.8 cm³/mol. The van der Waals surface area contributed by atoms with Crippen LogP contribution < -0.4 is 5.32 Å². The van der Waals surface area contributed by atoms with Crippen molar-refractivity contribution in [3.8, 4) is 5.75 Å². The smallest absolute Gasteiger partial charge is 0.332 e. The fourth-order valence-electron chi connectivity index (χ4n) is 1.02. The van der Waals surface area contributed by atoms with Gasteiger partial charge in [-0.3, -0.25) is 10.1 Å². The Kier molecular flexibility index (Phi) is 9.56. The lowest BCUT2D eigenvalue weighted by Crippen LogP contribution is -2.21. The standard InChI is InChI=1S/C6H2Cl3NO3.C4H11NO2/c7-2-1-3(8)6(11)5(4(2)9)10(12)13;6-3-1-5-2-4-7/h1,11H;5-7H,1-4H2. The van der Waals surface area contributed by atoms with Gasteiger partial charge >= 0.3 is 5.69 Å². The maximum atomic E-state index is 10.4. The lowest BCUT2D eigenvalue weighted by atomic mass is 10.3. The Balaban J connectivity index is 0.000000441. The highest BCUT2D eigenvalue weighted by Gasteiger charge is 2.24. The summed E-state index contributed by atoms with van der Waals surface area (Å²) in [5, 5.41) is 38.0. The number of nitro groups is 1. The second-order valence-electron chi connectivity index (χ2n) is 3.31. The zero-order chi connectivity index (χ0) is 15.7. The fourth-order valence-corrected chi connectivity index (χ4v) is 1.69. The van der Waals surface area contributed by atoms with Gasteiger partial charge < -0.3 is 20.6 Å². The molecule has 0 fully saturated rings. The molecule has 0 saturated heterocycles. The van der Waals surface area contributed by atoms with Gasteiger partial charge in [0.2, 0.25) is 5.75 Å². The van der Waals surface area contributed by atoms with Gasteiger partial charge in [-0.1, -0.05) is 34.8 Å². The van der Waals surface area contributed by atoms with Crippen LogP contribution in [0.25, 0.3) is 0 Å². The van der Waals surface area contributed by atoms with Crippen LogP contribution in [0.1, 0.15) is 0 Å². The first-order valence-corrected chi connectivity index (χ1v) is 6.43. The van der Waals surface area contributed by atoms with E-state index in [0.717, 1.165) is 6.07 Å². The number of benzene rings is 1. The number of aliphatic hydroxyl groups is 2. The molecule has 0 aliphatic carbocycles. The van der Waals surface area contributed by atoms with Crippen molar-refractivity contribution in [1.82, 2.24) is 5.32 Å². The number of nitrogens with one attached hydrogen (secondary N) is 1. The second kappa shape index (κ2) is 9.98. The lowest BCUT2D eigenvalue weighted by molar-refractivity contribution is -0.385. The average Bonchev–Trinajstić information content (AvgIpc) is 2.38. The van der Waals surface area contributed by atoms with Crippen LogP contribution in [0.4, 0.5) is 5.69 Å². The van der Waals surface area contributed by atoms with Gasteiger partial charge in [0.25, 0.3) is 0 Å². The number of aromatic hydroxyl groups is 1. The topological polar surface area (TPSA) is 116 Å². The summed E-state index contributed by atoms with van der Waals surface area (Å²) >= 11 is 16.4. The van der Waals surface area contributed by atoms with E-state index in [0.29, 0.717) is 13.1 Å². The normalized spacial score (nSPS) is 9.85. The summed E-state index contributed by atoms with van der Waals surface area (Å²) in [5.74, 6) is -0.680. The minimum Gasteiger partial charge on any atom is -0.501 e. The molecular formula is C10H13Cl3N2O5. The summed E-state index contributed by atoms with van der Waals surface area (Å²) in [6.45, 7) is 1.42. The van der Waals surface area contributed by atoms with Gasteiger partial charge in [-0.2, -0.15) is 0 Å². The molecule has 0 aliphatic rings. The third-order valence-electron chi connectivity index (χ3n) is 1.88. The Morgan fingerprint density at radius 2 is 1.65 bits per heavy atom. The zero-order valence-corrected chi connectivity index (χ0v) is 12.4. The van der Waals surface area contributed by atoms with Crippen molar-refractivity contribution in [2.45, 2.75) is 0 Å². The van der Waals surface area contributed by atoms with Crippen LogP contribution >= 0.6 is 34.8 Å². The number of phenols is 1. The Morgan fingerprint density at radius 3 is 2.05 bits per heavy atom. The fraction of sp³-hybridized carbons (Fsp3) is 0.400. The van der Waals surface area contributed by atoms with E-state index in [2.05, 4.69) is 5.32 Å². The third kappa shape index (κ3) is 6.08. The molecule has 0 atom stereocenters. The first kappa shape index (κ1) is 19.2. The van der Waals surface area contributed by atoms with Crippen molar-refractivity contribution in [2.24, 2.45) is 0 Å². The molecule has 0 radical (unpaired) electrons. The molecule has 0 saturated carbocycles. The summed E-state index contributed by atoms with van der Waals surface area (Å²) in [4.78, 5) is 9.54. The molecule has 0 aliphatic heterocycles. The van der Waals surface area contributed by atoms with Gasteiger partial charge in [0.1, 0.15) is 5.02 Å². The van der Waals surface area contributed by atoms with Crippen LogP contribution in [0.15, 0.2) is 6.07 Å². The largest absolute Gasteiger partial charge is 0.501 e. The molecule has 4 N–H and O–H groups in total. The average molecular weight is 348 g/mol. The molecular weight excluding hydrogens is 334 g/mol. The maximum absolute atomic E-state index is 10.4. The predicted octanol–water partition coefficient (Wildman–Crippen LogP) is 1.82. The van der Waals surface area contributed by atoms with E-state index in [9.17, 15) is 10.1 Å². The summed E-state index contributed by atoms with van der Waals surface area (Å²) < 4.78 is 0. The van der Waals surface area contributed by atoms with Crippen LogP contribution in [0.3, 0.4) is 0 Å². The minimum atomic E-state index is -0.852. The van der Waals surface area contributed by atoms with E-state index in [1.165, 1.54) is 0 Å². The van der Waals surface area contributed by atoms with Crippen LogP contribution in [-0.4, -0.2) is 46.5 Å². The van der Waals surface area contributed by atoms with Crippen molar-refractivity contribution < 1.29 is 20.2 Å². The maximum Gasteiger partial charge on any atom is 0.332 e. The summed E-state index contributed by atoms with van der Waals surface area (Å²) in [6, 6.07) is 1.13. The van der Waals surface area contributed by atoms with Crippen LogP contribution in [0.5, 0.6) is 5.75 Å². The molecule has 10 heteroatoms. The van der Waals surface area contributed by atoms with E-state index in [1.54, 1.807) is 0 Å². The number of nitro benzene ring substituents is 1. The van der Waals surface area contributed by atoms with Crippen LogP contribution in [0, 0.1) is 10.1 Å². The van der Waals surface area contributed by atoms with Gasteiger partial charge in [0, 0.05) is 13.1 Å².